The molecule has 5 aromatic rings. The summed E-state index contributed by atoms with van der Waals surface area (Å²) in [5, 5.41) is 0. The molecule has 0 fully saturated rings. The van der Waals surface area contributed by atoms with Crippen LogP contribution in [0.2, 0.25) is 0 Å². The van der Waals surface area contributed by atoms with E-state index < -0.39 is 15.8 Å². The Bertz CT molecular complexity index is 1780. The second-order valence-electron chi connectivity index (χ2n) is 8.93. The molecule has 10 heteroatoms. The van der Waals surface area contributed by atoms with Gasteiger partial charge in [-0.05, 0) is 42.0 Å². The number of esters is 1. The van der Waals surface area contributed by atoms with Crippen LogP contribution in [0, 0.1) is 0 Å². The number of carbonyl (C=O) groups excluding carboxylic acids is 1. The van der Waals surface area contributed by atoms with Gasteiger partial charge in [0.05, 0.1) is 53.6 Å². The summed E-state index contributed by atoms with van der Waals surface area (Å²) in [6, 6.07) is 22.0. The number of fused-ring (bicyclic) bond motifs is 2. The molecule has 0 radical (unpaired) electrons. The van der Waals surface area contributed by atoms with Crippen LogP contribution in [0.1, 0.15) is 21.7 Å². The molecule has 9 nitrogen and oxygen atoms in total. The minimum Gasteiger partial charge on any atom is -0.465 e. The molecular weight excluding hydrogens is 492 g/mol. The van der Waals surface area contributed by atoms with Crippen molar-refractivity contribution in [3.05, 3.63) is 100 Å². The summed E-state index contributed by atoms with van der Waals surface area (Å²) in [5.74, 6) is 0.162. The summed E-state index contributed by atoms with van der Waals surface area (Å²) in [6.45, 7) is 0.749. The summed E-state index contributed by atoms with van der Waals surface area (Å²) < 4.78 is 33.8. The molecule has 37 heavy (non-hydrogen) atoms. The standard InChI is InChI=1S/C27H26N4O5S/c1-36-26(32)20-13-11-19(12-14-20)17-30-23-9-5-6-10-24(23)31(27(30)33)18-25-28-21-7-3-4-8-22(21)29(25)15-16-37(2,34)35/h3-14H,15-18H2,1-2H3. The van der Waals surface area contributed by atoms with Crippen molar-refractivity contribution in [2.45, 2.75) is 19.6 Å². The normalized spacial score (nSPS) is 11.8. The van der Waals surface area contributed by atoms with Crippen LogP contribution in [0.15, 0.2) is 77.6 Å². The van der Waals surface area contributed by atoms with E-state index in [4.69, 9.17) is 9.72 Å². The Morgan fingerprint density at radius 1 is 0.838 bits per heavy atom. The molecule has 0 aliphatic heterocycles. The summed E-state index contributed by atoms with van der Waals surface area (Å²) >= 11 is 0. The van der Waals surface area contributed by atoms with Gasteiger partial charge in [0.15, 0.2) is 0 Å². The van der Waals surface area contributed by atoms with E-state index in [0.29, 0.717) is 17.9 Å². The Kier molecular flexibility index (Phi) is 6.43. The predicted molar refractivity (Wildman–Crippen MR) is 142 cm³/mol. The molecular formula is C27H26N4O5S. The van der Waals surface area contributed by atoms with Crippen molar-refractivity contribution in [1.29, 1.82) is 0 Å². The van der Waals surface area contributed by atoms with Crippen LogP contribution in [0.5, 0.6) is 0 Å². The quantitative estimate of drug-likeness (QED) is 0.292. The van der Waals surface area contributed by atoms with Crippen molar-refractivity contribution < 1.29 is 17.9 Å². The lowest BCUT2D eigenvalue weighted by Crippen LogP contribution is -2.26. The Hall–Kier alpha value is -4.18. The number of aromatic nitrogens is 4. The van der Waals surface area contributed by atoms with Crippen LogP contribution >= 0.6 is 0 Å². The first-order valence-corrected chi connectivity index (χ1v) is 13.8. The molecule has 3 aromatic carbocycles. The number of para-hydroxylation sites is 4. The van der Waals surface area contributed by atoms with Crippen molar-refractivity contribution in [2.75, 3.05) is 19.1 Å². The highest BCUT2D eigenvalue weighted by Gasteiger charge is 2.18. The monoisotopic (exact) mass is 518 g/mol. The first-order valence-electron chi connectivity index (χ1n) is 11.7. The van der Waals surface area contributed by atoms with E-state index >= 15 is 0 Å². The van der Waals surface area contributed by atoms with E-state index in [-0.39, 0.29) is 24.5 Å². The number of methoxy groups -OCH3 is 1. The molecule has 0 aliphatic rings. The third kappa shape index (κ3) is 4.92. The first-order chi connectivity index (χ1) is 17.7. The lowest BCUT2D eigenvalue weighted by molar-refractivity contribution is 0.0600. The highest BCUT2D eigenvalue weighted by atomic mass is 32.2. The van der Waals surface area contributed by atoms with Crippen molar-refractivity contribution in [3.8, 4) is 0 Å². The first kappa shape index (κ1) is 24.5. The molecule has 0 amide bonds. The molecule has 2 aromatic heterocycles. The maximum atomic E-state index is 13.7. The van der Waals surface area contributed by atoms with Crippen LogP contribution in [0.3, 0.4) is 0 Å². The smallest absolute Gasteiger partial charge is 0.337 e. The van der Waals surface area contributed by atoms with Gasteiger partial charge < -0.3 is 9.30 Å². The average Bonchev–Trinajstić information content (AvgIpc) is 3.37. The number of benzene rings is 3. The molecule has 2 heterocycles. The molecule has 0 saturated carbocycles. The van der Waals surface area contributed by atoms with Crippen molar-refractivity contribution in [1.82, 2.24) is 18.7 Å². The molecule has 0 aliphatic carbocycles. The SMILES string of the molecule is COC(=O)c1ccc(Cn2c(=O)n(Cc3nc4ccccc4n3CCS(C)(=O)=O)c3ccccc32)cc1. The molecule has 0 N–H and O–H groups in total. The highest BCUT2D eigenvalue weighted by molar-refractivity contribution is 7.90. The van der Waals surface area contributed by atoms with Crippen LogP contribution in [0.25, 0.3) is 22.1 Å². The van der Waals surface area contributed by atoms with E-state index in [2.05, 4.69) is 0 Å². The van der Waals surface area contributed by atoms with Gasteiger partial charge in [-0.2, -0.15) is 0 Å². The lowest BCUT2D eigenvalue weighted by atomic mass is 10.1. The molecule has 5 rings (SSSR count). The lowest BCUT2D eigenvalue weighted by Gasteiger charge is -2.09. The second kappa shape index (κ2) is 9.70. The average molecular weight is 519 g/mol. The second-order valence-corrected chi connectivity index (χ2v) is 11.2. The van der Waals surface area contributed by atoms with Crippen LogP contribution in [-0.2, 0) is 34.2 Å². The summed E-state index contributed by atoms with van der Waals surface area (Å²) in [7, 11) is -1.86. The fourth-order valence-electron chi connectivity index (χ4n) is 4.52. The van der Waals surface area contributed by atoms with Gasteiger partial charge in [-0.3, -0.25) is 9.13 Å². The molecule has 0 bridgehead atoms. The Balaban J connectivity index is 1.55. The number of hydrogen-bond donors (Lipinski definition) is 0. The van der Waals surface area contributed by atoms with Crippen LogP contribution < -0.4 is 5.69 Å². The van der Waals surface area contributed by atoms with E-state index in [0.717, 1.165) is 27.6 Å². The number of hydrogen-bond acceptors (Lipinski definition) is 6. The van der Waals surface area contributed by atoms with Gasteiger partial charge in [-0.1, -0.05) is 36.4 Å². The zero-order chi connectivity index (χ0) is 26.2. The number of nitrogens with zero attached hydrogens (tertiary/aromatic N) is 4. The molecule has 0 spiro atoms. The molecule has 0 unspecified atom stereocenters. The summed E-state index contributed by atoms with van der Waals surface area (Å²) in [5.41, 5.74) is 4.17. The summed E-state index contributed by atoms with van der Waals surface area (Å²) in [6.07, 6.45) is 1.21. The molecule has 190 valence electrons. The minimum absolute atomic E-state index is 0.0292. The minimum atomic E-state index is -3.19. The van der Waals surface area contributed by atoms with E-state index in [1.807, 2.05) is 53.1 Å². The number of carbonyl (C=O) groups is 1. The largest absolute Gasteiger partial charge is 0.465 e. The number of sulfone groups is 1. The fourth-order valence-corrected chi connectivity index (χ4v) is 5.03. The maximum Gasteiger partial charge on any atom is 0.337 e. The van der Waals surface area contributed by atoms with Gasteiger partial charge >= 0.3 is 11.7 Å². The highest BCUT2D eigenvalue weighted by Crippen LogP contribution is 2.20. The Morgan fingerprint density at radius 2 is 1.43 bits per heavy atom. The third-order valence-corrected chi connectivity index (χ3v) is 7.28. The topological polar surface area (TPSA) is 105 Å². The zero-order valence-corrected chi connectivity index (χ0v) is 21.3. The van der Waals surface area contributed by atoms with E-state index in [1.165, 1.54) is 13.4 Å². The summed E-state index contributed by atoms with van der Waals surface area (Å²) in [4.78, 5) is 30.2. The number of ether oxygens (including phenoxy) is 1. The van der Waals surface area contributed by atoms with E-state index in [9.17, 15) is 18.0 Å². The van der Waals surface area contributed by atoms with Gasteiger partial charge in [0.25, 0.3) is 0 Å². The third-order valence-electron chi connectivity index (χ3n) is 6.36. The Labute approximate surface area is 213 Å². The van der Waals surface area contributed by atoms with Gasteiger partial charge in [0.2, 0.25) is 0 Å². The molecule has 0 atom stereocenters. The van der Waals surface area contributed by atoms with Crippen molar-refractivity contribution in [3.63, 3.8) is 0 Å². The van der Waals surface area contributed by atoms with Gasteiger partial charge in [-0.25, -0.2) is 23.0 Å². The zero-order valence-electron chi connectivity index (χ0n) is 20.5. The number of imidazole rings is 2. The van der Waals surface area contributed by atoms with Gasteiger partial charge in [0.1, 0.15) is 15.7 Å². The Morgan fingerprint density at radius 3 is 2.05 bits per heavy atom. The van der Waals surface area contributed by atoms with Crippen LogP contribution in [-0.4, -0.2) is 52.2 Å². The number of rotatable bonds is 8. The maximum absolute atomic E-state index is 13.7. The van der Waals surface area contributed by atoms with E-state index in [1.54, 1.807) is 33.4 Å². The molecule has 0 saturated heterocycles. The van der Waals surface area contributed by atoms with Gasteiger partial charge in [-0.15, -0.1) is 0 Å². The van der Waals surface area contributed by atoms with Crippen molar-refractivity contribution in [2.24, 2.45) is 0 Å². The predicted octanol–water partition coefficient (Wildman–Crippen LogP) is 3.08. The van der Waals surface area contributed by atoms with Crippen LogP contribution in [0.4, 0.5) is 0 Å². The number of aryl methyl sites for hydroxylation is 1. The van der Waals surface area contributed by atoms with Gasteiger partial charge in [0, 0.05) is 12.8 Å². The van der Waals surface area contributed by atoms with Crippen molar-refractivity contribution >= 4 is 37.9 Å². The fraction of sp³-hybridized carbons (Fsp3) is 0.222.